The average molecular weight is 548 g/mol. The summed E-state index contributed by atoms with van der Waals surface area (Å²) in [6, 6.07) is 17.8. The van der Waals surface area contributed by atoms with Crippen molar-refractivity contribution >= 4 is 62.2 Å². The number of furan rings is 1. The van der Waals surface area contributed by atoms with E-state index >= 15 is 0 Å². The first kappa shape index (κ1) is 23.2. The summed E-state index contributed by atoms with van der Waals surface area (Å²) in [5.74, 6) is 0.525. The maximum atomic E-state index is 12.4. The van der Waals surface area contributed by atoms with E-state index < -0.39 is 5.91 Å². The van der Waals surface area contributed by atoms with E-state index in [1.807, 2.05) is 24.3 Å². The molecule has 9 heteroatoms. The second-order valence-electron chi connectivity index (χ2n) is 6.94. The monoisotopic (exact) mass is 546 g/mol. The molecule has 0 saturated heterocycles. The Morgan fingerprint density at radius 2 is 1.91 bits per heavy atom. The zero-order valence-corrected chi connectivity index (χ0v) is 20.4. The van der Waals surface area contributed by atoms with Crippen molar-refractivity contribution < 1.29 is 18.7 Å². The average Bonchev–Trinajstić information content (AvgIpc) is 3.22. The number of ether oxygens (including phenoxy) is 2. The van der Waals surface area contributed by atoms with Crippen molar-refractivity contribution in [3.05, 3.63) is 92.1 Å². The molecule has 1 heterocycles. The molecule has 0 saturated carbocycles. The van der Waals surface area contributed by atoms with Crippen LogP contribution in [0.4, 0.5) is 0 Å². The van der Waals surface area contributed by atoms with E-state index in [0.29, 0.717) is 39.3 Å². The number of amides is 1. The first-order valence-electron chi connectivity index (χ1n) is 9.70. The number of fused-ring (bicyclic) bond motifs is 1. The summed E-state index contributed by atoms with van der Waals surface area (Å²) in [5, 5.41) is 5.80. The van der Waals surface area contributed by atoms with Crippen LogP contribution in [0.3, 0.4) is 0 Å². The van der Waals surface area contributed by atoms with Crippen LogP contribution in [0.2, 0.25) is 10.0 Å². The van der Waals surface area contributed by atoms with Gasteiger partial charge in [-0.05, 0) is 59.7 Å². The van der Waals surface area contributed by atoms with Crippen molar-refractivity contribution in [2.45, 2.75) is 6.61 Å². The maximum Gasteiger partial charge on any atom is 0.307 e. The van der Waals surface area contributed by atoms with E-state index in [9.17, 15) is 4.79 Å². The lowest BCUT2D eigenvalue weighted by Gasteiger charge is -2.13. The van der Waals surface area contributed by atoms with E-state index in [2.05, 4.69) is 26.5 Å². The van der Waals surface area contributed by atoms with Crippen LogP contribution in [0.25, 0.3) is 11.0 Å². The number of hydrogen-bond donors (Lipinski definition) is 1. The van der Waals surface area contributed by atoms with Crippen molar-refractivity contribution in [1.29, 1.82) is 0 Å². The van der Waals surface area contributed by atoms with Gasteiger partial charge in [0.05, 0.1) is 18.3 Å². The van der Waals surface area contributed by atoms with Gasteiger partial charge in [0.2, 0.25) is 0 Å². The van der Waals surface area contributed by atoms with E-state index in [-0.39, 0.29) is 5.76 Å². The van der Waals surface area contributed by atoms with Crippen molar-refractivity contribution in [3.63, 3.8) is 0 Å². The van der Waals surface area contributed by atoms with Crippen molar-refractivity contribution in [2.24, 2.45) is 5.10 Å². The van der Waals surface area contributed by atoms with Crippen LogP contribution in [-0.2, 0) is 6.61 Å². The fraction of sp³-hybridized carbons (Fsp3) is 0.0833. The zero-order valence-electron chi connectivity index (χ0n) is 17.3. The van der Waals surface area contributed by atoms with Gasteiger partial charge in [0, 0.05) is 14.9 Å². The van der Waals surface area contributed by atoms with Gasteiger partial charge in [-0.1, -0.05) is 51.3 Å². The number of hydrogen-bond acceptors (Lipinski definition) is 5. The molecule has 4 rings (SSSR count). The molecular weight excluding hydrogens is 531 g/mol. The summed E-state index contributed by atoms with van der Waals surface area (Å²) in [6.45, 7) is 0.296. The fourth-order valence-corrected chi connectivity index (χ4v) is 3.82. The van der Waals surface area contributed by atoms with Crippen LogP contribution >= 0.6 is 39.1 Å². The Hall–Kier alpha value is -3.00. The largest absolute Gasteiger partial charge is 0.493 e. The second-order valence-corrected chi connectivity index (χ2v) is 8.70. The molecule has 168 valence electrons. The number of benzene rings is 3. The molecule has 0 bridgehead atoms. The van der Waals surface area contributed by atoms with Gasteiger partial charge in [-0.15, -0.1) is 0 Å². The van der Waals surface area contributed by atoms with Crippen LogP contribution in [0, 0.1) is 0 Å². The third kappa shape index (κ3) is 5.68. The SMILES string of the molecule is COc1cc(/C=N/NC(=O)c2cc3cc(Br)ccc3o2)cc(Cl)c1OCc1ccc(Cl)cc1. The molecule has 0 fully saturated rings. The number of hydrazone groups is 1. The number of halogens is 3. The standard InChI is InChI=1S/C24H17BrCl2N2O4/c1-31-21-9-15(8-19(27)23(21)32-13-14-2-5-18(26)6-3-14)12-28-29-24(30)22-11-16-10-17(25)4-7-20(16)33-22/h2-12H,13H2,1H3,(H,29,30)/b28-12+. The molecule has 3 aromatic carbocycles. The Labute approximate surface area is 208 Å². The molecule has 0 atom stereocenters. The predicted octanol–water partition coefficient (Wildman–Crippen LogP) is 6.85. The van der Waals surface area contributed by atoms with Gasteiger partial charge in [-0.3, -0.25) is 4.79 Å². The molecule has 0 aliphatic carbocycles. The lowest BCUT2D eigenvalue weighted by atomic mass is 10.2. The number of rotatable bonds is 7. The van der Waals surface area contributed by atoms with Crippen LogP contribution in [0.15, 0.2) is 74.7 Å². The maximum absolute atomic E-state index is 12.4. The summed E-state index contributed by atoms with van der Waals surface area (Å²) in [5.41, 5.74) is 4.60. The van der Waals surface area contributed by atoms with Crippen LogP contribution in [0.5, 0.6) is 11.5 Å². The third-order valence-corrected chi connectivity index (χ3v) is 5.66. The number of nitrogens with one attached hydrogen (secondary N) is 1. The summed E-state index contributed by atoms with van der Waals surface area (Å²) >= 11 is 15.7. The van der Waals surface area contributed by atoms with E-state index in [1.165, 1.54) is 13.3 Å². The van der Waals surface area contributed by atoms with Gasteiger partial charge < -0.3 is 13.9 Å². The van der Waals surface area contributed by atoms with E-state index in [4.69, 9.17) is 37.1 Å². The predicted molar refractivity (Wildman–Crippen MR) is 133 cm³/mol. The molecule has 0 aliphatic heterocycles. The Morgan fingerprint density at radius 1 is 1.12 bits per heavy atom. The van der Waals surface area contributed by atoms with Crippen molar-refractivity contribution in [3.8, 4) is 11.5 Å². The topological polar surface area (TPSA) is 73.1 Å². The third-order valence-electron chi connectivity index (χ3n) is 4.63. The first-order chi connectivity index (χ1) is 15.9. The van der Waals surface area contributed by atoms with Gasteiger partial charge >= 0.3 is 5.91 Å². The highest BCUT2D eigenvalue weighted by Gasteiger charge is 2.13. The Bertz CT molecular complexity index is 1340. The molecule has 1 N–H and O–H groups in total. The molecule has 1 aromatic heterocycles. The van der Waals surface area contributed by atoms with Crippen molar-refractivity contribution in [2.75, 3.05) is 7.11 Å². The van der Waals surface area contributed by atoms with Crippen LogP contribution in [0.1, 0.15) is 21.7 Å². The Balaban J connectivity index is 1.44. The van der Waals surface area contributed by atoms with E-state index in [1.54, 1.807) is 36.4 Å². The molecule has 0 aliphatic rings. The lowest BCUT2D eigenvalue weighted by Crippen LogP contribution is -2.16. The van der Waals surface area contributed by atoms with E-state index in [0.717, 1.165) is 15.4 Å². The van der Waals surface area contributed by atoms with Gasteiger partial charge in [0.25, 0.3) is 0 Å². The molecular formula is C24H17BrCl2N2O4. The summed E-state index contributed by atoms with van der Waals surface area (Å²) in [7, 11) is 1.52. The van der Waals surface area contributed by atoms with Crippen LogP contribution in [-0.4, -0.2) is 19.2 Å². The minimum Gasteiger partial charge on any atom is -0.493 e. The minimum absolute atomic E-state index is 0.154. The summed E-state index contributed by atoms with van der Waals surface area (Å²) < 4.78 is 17.7. The molecule has 0 radical (unpaired) electrons. The highest BCUT2D eigenvalue weighted by molar-refractivity contribution is 9.10. The molecule has 1 amide bonds. The number of nitrogens with zero attached hydrogens (tertiary/aromatic N) is 1. The summed E-state index contributed by atoms with van der Waals surface area (Å²) in [4.78, 5) is 12.4. The molecule has 0 spiro atoms. The van der Waals surface area contributed by atoms with Crippen LogP contribution < -0.4 is 14.9 Å². The fourth-order valence-electron chi connectivity index (χ4n) is 3.04. The molecule has 4 aromatic rings. The number of carbonyl (C=O) groups excluding carboxylic acids is 1. The second kappa shape index (κ2) is 10.3. The molecule has 33 heavy (non-hydrogen) atoms. The number of methoxy groups -OCH3 is 1. The molecule has 0 unspecified atom stereocenters. The lowest BCUT2D eigenvalue weighted by molar-refractivity contribution is 0.0929. The Morgan fingerprint density at radius 3 is 2.67 bits per heavy atom. The highest BCUT2D eigenvalue weighted by atomic mass is 79.9. The highest BCUT2D eigenvalue weighted by Crippen LogP contribution is 2.36. The summed E-state index contributed by atoms with van der Waals surface area (Å²) in [6.07, 6.45) is 1.45. The molecule has 6 nitrogen and oxygen atoms in total. The van der Waals surface area contributed by atoms with Gasteiger partial charge in [0.1, 0.15) is 12.2 Å². The smallest absolute Gasteiger partial charge is 0.307 e. The van der Waals surface area contributed by atoms with Gasteiger partial charge in [-0.2, -0.15) is 5.10 Å². The number of carbonyl (C=O) groups is 1. The van der Waals surface area contributed by atoms with Gasteiger partial charge in [0.15, 0.2) is 17.3 Å². The Kier molecular flexibility index (Phi) is 7.23. The quantitative estimate of drug-likeness (QED) is 0.203. The first-order valence-corrected chi connectivity index (χ1v) is 11.2. The van der Waals surface area contributed by atoms with Gasteiger partial charge in [-0.25, -0.2) is 5.43 Å². The normalized spacial score (nSPS) is 11.2. The van der Waals surface area contributed by atoms with Crippen molar-refractivity contribution in [1.82, 2.24) is 5.43 Å². The zero-order chi connectivity index (χ0) is 23.4. The minimum atomic E-state index is -0.473.